The largest absolute Gasteiger partial charge is 0.316 e. The van der Waals surface area contributed by atoms with Gasteiger partial charge in [0.2, 0.25) is 0 Å². The van der Waals surface area contributed by atoms with Gasteiger partial charge >= 0.3 is 0 Å². The van der Waals surface area contributed by atoms with Gasteiger partial charge < -0.3 is 10.6 Å². The number of nitrogens with one attached hydrogen (secondary N) is 2. The average molecular weight is 182 g/mol. The fraction of sp³-hybridized carbons (Fsp3) is 1.00. The highest BCUT2D eigenvalue weighted by molar-refractivity contribution is 4.84. The molecule has 0 spiro atoms. The Morgan fingerprint density at radius 2 is 2.00 bits per heavy atom. The summed E-state index contributed by atoms with van der Waals surface area (Å²) >= 11 is 0. The molecule has 2 fully saturated rings. The van der Waals surface area contributed by atoms with Gasteiger partial charge in [0.15, 0.2) is 0 Å². The summed E-state index contributed by atoms with van der Waals surface area (Å²) in [6, 6.07) is 0.878. The summed E-state index contributed by atoms with van der Waals surface area (Å²) in [6.45, 7) is 6.01. The van der Waals surface area contributed by atoms with Crippen molar-refractivity contribution in [1.29, 1.82) is 0 Å². The van der Waals surface area contributed by atoms with Crippen LogP contribution in [0, 0.1) is 11.8 Å². The molecular weight excluding hydrogens is 160 g/mol. The predicted octanol–water partition coefficient (Wildman–Crippen LogP) is 1.37. The average Bonchev–Trinajstić information content (AvgIpc) is 2.97. The minimum atomic E-state index is 0.878. The second-order valence-electron chi connectivity index (χ2n) is 4.76. The van der Waals surface area contributed by atoms with Gasteiger partial charge in [-0.25, -0.2) is 0 Å². The highest BCUT2D eigenvalue weighted by Gasteiger charge is 2.31. The summed E-state index contributed by atoms with van der Waals surface area (Å²) in [5.41, 5.74) is 0. The standard InChI is InChI=1S/C11H22N2/c1-9-7-10(9)8-12-5-2-6-13-11-3-4-11/h9-13H,2-8H2,1H3. The van der Waals surface area contributed by atoms with Gasteiger partial charge in [-0.1, -0.05) is 6.92 Å². The molecule has 13 heavy (non-hydrogen) atoms. The Hall–Kier alpha value is -0.0800. The van der Waals surface area contributed by atoms with Crippen LogP contribution >= 0.6 is 0 Å². The molecule has 2 atom stereocenters. The molecule has 76 valence electrons. The van der Waals surface area contributed by atoms with E-state index in [-0.39, 0.29) is 0 Å². The van der Waals surface area contributed by atoms with Crippen molar-refractivity contribution in [1.82, 2.24) is 10.6 Å². The van der Waals surface area contributed by atoms with E-state index in [1.54, 1.807) is 0 Å². The van der Waals surface area contributed by atoms with Gasteiger partial charge in [-0.05, 0) is 57.2 Å². The van der Waals surface area contributed by atoms with Crippen molar-refractivity contribution < 1.29 is 0 Å². The second-order valence-corrected chi connectivity index (χ2v) is 4.76. The first-order chi connectivity index (χ1) is 6.36. The minimum absolute atomic E-state index is 0.878. The zero-order valence-corrected chi connectivity index (χ0v) is 8.68. The van der Waals surface area contributed by atoms with E-state index in [0.717, 1.165) is 17.9 Å². The molecule has 0 aromatic carbocycles. The molecular formula is C11H22N2. The first kappa shape index (κ1) is 9.47. The highest BCUT2D eigenvalue weighted by atomic mass is 15.0. The van der Waals surface area contributed by atoms with E-state index in [1.165, 1.54) is 45.3 Å². The first-order valence-corrected chi connectivity index (χ1v) is 5.80. The summed E-state index contributed by atoms with van der Waals surface area (Å²) < 4.78 is 0. The van der Waals surface area contributed by atoms with Crippen molar-refractivity contribution in [2.75, 3.05) is 19.6 Å². The van der Waals surface area contributed by atoms with Crippen LogP contribution in [0.2, 0.25) is 0 Å². The van der Waals surface area contributed by atoms with Crippen molar-refractivity contribution in [3.8, 4) is 0 Å². The Kier molecular flexibility index (Phi) is 3.23. The van der Waals surface area contributed by atoms with Crippen LogP contribution in [-0.2, 0) is 0 Å². The number of rotatable bonds is 7. The van der Waals surface area contributed by atoms with E-state index in [2.05, 4.69) is 17.6 Å². The van der Waals surface area contributed by atoms with Crippen LogP contribution in [0.25, 0.3) is 0 Å². The van der Waals surface area contributed by atoms with Gasteiger partial charge in [0, 0.05) is 6.04 Å². The van der Waals surface area contributed by atoms with Gasteiger partial charge in [0.25, 0.3) is 0 Å². The fourth-order valence-corrected chi connectivity index (χ4v) is 1.78. The van der Waals surface area contributed by atoms with E-state index in [9.17, 15) is 0 Å². The Bertz CT molecular complexity index is 154. The lowest BCUT2D eigenvalue weighted by molar-refractivity contribution is 0.566. The first-order valence-electron chi connectivity index (χ1n) is 5.80. The molecule has 0 amide bonds. The van der Waals surface area contributed by atoms with Gasteiger partial charge in [0.1, 0.15) is 0 Å². The molecule has 2 unspecified atom stereocenters. The molecule has 2 N–H and O–H groups in total. The van der Waals surface area contributed by atoms with Crippen LogP contribution < -0.4 is 10.6 Å². The summed E-state index contributed by atoms with van der Waals surface area (Å²) in [6.07, 6.45) is 5.56. The van der Waals surface area contributed by atoms with Crippen molar-refractivity contribution in [3.63, 3.8) is 0 Å². The smallest absolute Gasteiger partial charge is 0.00682 e. The maximum atomic E-state index is 3.53. The lowest BCUT2D eigenvalue weighted by atomic mass is 10.3. The highest BCUT2D eigenvalue weighted by Crippen LogP contribution is 2.36. The summed E-state index contributed by atoms with van der Waals surface area (Å²) in [5, 5.41) is 7.06. The summed E-state index contributed by atoms with van der Waals surface area (Å²) in [7, 11) is 0. The molecule has 2 heteroatoms. The van der Waals surface area contributed by atoms with E-state index >= 15 is 0 Å². The molecule has 0 aliphatic heterocycles. The molecule has 0 bridgehead atoms. The maximum absolute atomic E-state index is 3.53. The van der Waals surface area contributed by atoms with Crippen molar-refractivity contribution in [2.24, 2.45) is 11.8 Å². The normalized spacial score (nSPS) is 32.1. The third kappa shape index (κ3) is 3.65. The Labute approximate surface area is 81.5 Å². The Morgan fingerprint density at radius 3 is 2.62 bits per heavy atom. The maximum Gasteiger partial charge on any atom is 0.00682 e. The predicted molar refractivity (Wildman–Crippen MR) is 55.8 cm³/mol. The molecule has 0 aromatic heterocycles. The van der Waals surface area contributed by atoms with E-state index in [4.69, 9.17) is 0 Å². The van der Waals surface area contributed by atoms with Crippen LogP contribution in [0.15, 0.2) is 0 Å². The second kappa shape index (κ2) is 4.43. The quantitative estimate of drug-likeness (QED) is 0.581. The van der Waals surface area contributed by atoms with Crippen LogP contribution in [0.1, 0.15) is 32.6 Å². The summed E-state index contributed by atoms with van der Waals surface area (Å²) in [4.78, 5) is 0. The number of hydrogen-bond donors (Lipinski definition) is 2. The molecule has 2 aliphatic rings. The molecule has 2 aliphatic carbocycles. The van der Waals surface area contributed by atoms with Gasteiger partial charge in [-0.2, -0.15) is 0 Å². The van der Waals surface area contributed by atoms with Crippen LogP contribution in [0.3, 0.4) is 0 Å². The minimum Gasteiger partial charge on any atom is -0.316 e. The van der Waals surface area contributed by atoms with Gasteiger partial charge in [-0.15, -0.1) is 0 Å². The lowest BCUT2D eigenvalue weighted by Crippen LogP contribution is -2.24. The molecule has 2 saturated carbocycles. The van der Waals surface area contributed by atoms with Gasteiger partial charge in [0.05, 0.1) is 0 Å². The third-order valence-corrected chi connectivity index (χ3v) is 3.22. The number of hydrogen-bond acceptors (Lipinski definition) is 2. The van der Waals surface area contributed by atoms with Gasteiger partial charge in [-0.3, -0.25) is 0 Å². The van der Waals surface area contributed by atoms with Crippen molar-refractivity contribution in [3.05, 3.63) is 0 Å². The fourth-order valence-electron chi connectivity index (χ4n) is 1.78. The lowest BCUT2D eigenvalue weighted by Gasteiger charge is -2.04. The molecule has 0 saturated heterocycles. The Balaban J connectivity index is 1.32. The van der Waals surface area contributed by atoms with Crippen molar-refractivity contribution >= 4 is 0 Å². The van der Waals surface area contributed by atoms with E-state index in [1.807, 2.05) is 0 Å². The van der Waals surface area contributed by atoms with Crippen LogP contribution in [0.5, 0.6) is 0 Å². The van der Waals surface area contributed by atoms with E-state index in [0.29, 0.717) is 0 Å². The Morgan fingerprint density at radius 1 is 1.23 bits per heavy atom. The SMILES string of the molecule is CC1CC1CNCCCNC1CC1. The topological polar surface area (TPSA) is 24.1 Å². The zero-order valence-electron chi connectivity index (χ0n) is 8.68. The zero-order chi connectivity index (χ0) is 9.10. The van der Waals surface area contributed by atoms with Crippen LogP contribution in [0.4, 0.5) is 0 Å². The molecule has 2 rings (SSSR count). The third-order valence-electron chi connectivity index (χ3n) is 3.22. The summed E-state index contributed by atoms with van der Waals surface area (Å²) in [5.74, 6) is 1.99. The monoisotopic (exact) mass is 182 g/mol. The molecule has 2 nitrogen and oxygen atoms in total. The molecule has 0 radical (unpaired) electrons. The molecule has 0 heterocycles. The molecule has 0 aromatic rings. The van der Waals surface area contributed by atoms with E-state index < -0.39 is 0 Å². The van der Waals surface area contributed by atoms with Crippen LogP contribution in [-0.4, -0.2) is 25.7 Å². The van der Waals surface area contributed by atoms with Crippen molar-refractivity contribution in [2.45, 2.75) is 38.6 Å².